The Kier molecular flexibility index (Phi) is 3.00. The first-order valence-electron chi connectivity index (χ1n) is 8.34. The maximum atomic E-state index is 6.28. The molecule has 0 bridgehead atoms. The van der Waals surface area contributed by atoms with Crippen molar-refractivity contribution in [2.24, 2.45) is 0 Å². The van der Waals surface area contributed by atoms with Crippen LogP contribution < -0.4 is 4.90 Å². The van der Waals surface area contributed by atoms with Gasteiger partial charge in [-0.1, -0.05) is 38.1 Å². The number of aromatic nitrogens is 6. The Morgan fingerprint density at radius 1 is 1.08 bits per heavy atom. The molecule has 0 saturated carbocycles. The van der Waals surface area contributed by atoms with Crippen LogP contribution in [0.1, 0.15) is 26.5 Å². The van der Waals surface area contributed by atoms with Gasteiger partial charge in [0.1, 0.15) is 12.5 Å². The summed E-state index contributed by atoms with van der Waals surface area (Å²) in [5.74, 6) is 2.24. The van der Waals surface area contributed by atoms with Crippen molar-refractivity contribution in [3.05, 3.63) is 42.4 Å². The van der Waals surface area contributed by atoms with E-state index in [0.29, 0.717) is 12.6 Å². The Labute approximate surface area is 155 Å². The smallest absolute Gasteiger partial charge is 0.259 e. The third-order valence-electron chi connectivity index (χ3n) is 4.59. The number of rotatable bonds is 1. The number of hydrogen-bond acceptors (Lipinski definition) is 6. The first-order valence-corrected chi connectivity index (χ1v) is 8.67. The molecule has 132 valence electrons. The largest absolute Gasteiger partial charge is 0.306 e. The number of fused-ring (bicyclic) bond motifs is 6. The summed E-state index contributed by atoms with van der Waals surface area (Å²) in [6.07, 6.45) is 3.77. The van der Waals surface area contributed by atoms with Gasteiger partial charge < -0.3 is 4.90 Å². The van der Waals surface area contributed by atoms with Crippen molar-refractivity contribution in [3.63, 3.8) is 0 Å². The summed E-state index contributed by atoms with van der Waals surface area (Å²) in [6, 6.07) is 8.10. The molecular formula is C17H17ClN8. The molecule has 8 nitrogen and oxygen atoms in total. The summed E-state index contributed by atoms with van der Waals surface area (Å²) in [6.45, 7) is 6.85. The molecule has 26 heavy (non-hydrogen) atoms. The highest BCUT2D eigenvalue weighted by molar-refractivity contribution is 6.15. The van der Waals surface area contributed by atoms with E-state index < -0.39 is 0 Å². The molecule has 0 radical (unpaired) electrons. The zero-order valence-corrected chi connectivity index (χ0v) is 15.4. The van der Waals surface area contributed by atoms with Crippen molar-refractivity contribution in [2.45, 2.75) is 26.2 Å². The van der Waals surface area contributed by atoms with Gasteiger partial charge in [-0.25, -0.2) is 4.57 Å². The first kappa shape index (κ1) is 15.4. The summed E-state index contributed by atoms with van der Waals surface area (Å²) in [4.78, 5) is 2.13. The minimum absolute atomic E-state index is 0.0960. The van der Waals surface area contributed by atoms with Crippen molar-refractivity contribution >= 4 is 23.3 Å². The summed E-state index contributed by atoms with van der Waals surface area (Å²) < 4.78 is 5.25. The number of benzene rings is 1. The van der Waals surface area contributed by atoms with Gasteiger partial charge in [-0.2, -0.15) is 4.68 Å². The van der Waals surface area contributed by atoms with E-state index in [4.69, 9.17) is 11.8 Å². The molecule has 5 rings (SSSR count). The average Bonchev–Trinajstić information content (AvgIpc) is 3.30. The fraction of sp³-hybridized carbons (Fsp3) is 0.294. The van der Waals surface area contributed by atoms with Gasteiger partial charge in [0.25, 0.3) is 5.95 Å². The monoisotopic (exact) mass is 368 g/mol. The summed E-state index contributed by atoms with van der Waals surface area (Å²) in [5, 5.41) is 17.4. The molecule has 0 unspecified atom stereocenters. The first-order chi connectivity index (χ1) is 12.4. The second-order valence-electron chi connectivity index (χ2n) is 7.43. The fourth-order valence-corrected chi connectivity index (χ4v) is 3.43. The van der Waals surface area contributed by atoms with Crippen molar-refractivity contribution < 1.29 is 0 Å². The number of nitrogens with zero attached hydrogens (tertiary/aromatic N) is 8. The van der Waals surface area contributed by atoms with Gasteiger partial charge >= 0.3 is 0 Å². The molecule has 0 fully saturated rings. The van der Waals surface area contributed by atoms with E-state index in [1.807, 2.05) is 35.2 Å². The molecule has 0 spiro atoms. The van der Waals surface area contributed by atoms with Gasteiger partial charge in [-0.15, -0.1) is 15.3 Å². The zero-order valence-electron chi connectivity index (χ0n) is 14.6. The van der Waals surface area contributed by atoms with Gasteiger partial charge in [0.15, 0.2) is 5.82 Å². The Balaban J connectivity index is 1.73. The SMILES string of the molecule is CC(C)(C)c1cn(-c2nnc3n2C2=CN(Cl)CN2c2ccccc2-3)nn1. The standard InChI is InChI=1S/C17H17ClN8/c1-17(2,3)13-8-25(22-19-13)16-21-20-15-11-6-4-5-7-12(11)24-10-23(18)9-14(24)26(15)16/h4-9H,10H2,1-3H3. The van der Waals surface area contributed by atoms with Gasteiger partial charge in [-0.05, 0) is 12.1 Å². The Morgan fingerprint density at radius 2 is 1.88 bits per heavy atom. The number of halogens is 1. The van der Waals surface area contributed by atoms with Crippen LogP contribution in [0.3, 0.4) is 0 Å². The van der Waals surface area contributed by atoms with E-state index >= 15 is 0 Å². The molecule has 3 aromatic rings. The van der Waals surface area contributed by atoms with Gasteiger partial charge in [0, 0.05) is 22.8 Å². The highest BCUT2D eigenvalue weighted by Gasteiger charge is 2.35. The predicted octanol–water partition coefficient (Wildman–Crippen LogP) is 2.83. The van der Waals surface area contributed by atoms with Crippen LogP contribution in [0.25, 0.3) is 23.2 Å². The highest BCUT2D eigenvalue weighted by Crippen LogP contribution is 2.42. The number of para-hydroxylation sites is 1. The summed E-state index contributed by atoms with van der Waals surface area (Å²) in [5.41, 5.74) is 2.86. The van der Waals surface area contributed by atoms with Gasteiger partial charge in [-0.3, -0.25) is 4.42 Å². The van der Waals surface area contributed by atoms with Crippen molar-refractivity contribution in [3.8, 4) is 17.3 Å². The molecule has 1 aromatic carbocycles. The lowest BCUT2D eigenvalue weighted by Gasteiger charge is -2.29. The number of anilines is 1. The molecule has 0 amide bonds. The predicted molar refractivity (Wildman–Crippen MR) is 98.4 cm³/mol. The normalized spacial score (nSPS) is 15.6. The molecule has 2 aliphatic heterocycles. The van der Waals surface area contributed by atoms with Crippen LogP contribution in [0.2, 0.25) is 0 Å². The lowest BCUT2D eigenvalue weighted by molar-refractivity contribution is 0.566. The van der Waals surface area contributed by atoms with E-state index in [-0.39, 0.29) is 5.41 Å². The molecular weight excluding hydrogens is 352 g/mol. The van der Waals surface area contributed by atoms with E-state index in [9.17, 15) is 0 Å². The Bertz CT molecular complexity index is 1040. The van der Waals surface area contributed by atoms with E-state index in [1.54, 1.807) is 9.10 Å². The Hall–Kier alpha value is -2.87. The maximum absolute atomic E-state index is 6.28. The third-order valence-corrected chi connectivity index (χ3v) is 4.79. The van der Waals surface area contributed by atoms with Crippen LogP contribution >= 0.6 is 11.8 Å². The maximum Gasteiger partial charge on any atom is 0.259 e. The molecule has 9 heteroatoms. The molecule has 0 N–H and O–H groups in total. The molecule has 0 atom stereocenters. The second-order valence-corrected chi connectivity index (χ2v) is 7.87. The highest BCUT2D eigenvalue weighted by atomic mass is 35.5. The van der Waals surface area contributed by atoms with Crippen molar-refractivity contribution in [1.29, 1.82) is 0 Å². The summed E-state index contributed by atoms with van der Waals surface area (Å²) in [7, 11) is 0. The van der Waals surface area contributed by atoms with Crippen molar-refractivity contribution in [1.82, 2.24) is 34.2 Å². The van der Waals surface area contributed by atoms with Crippen LogP contribution in [-0.2, 0) is 5.41 Å². The fourth-order valence-electron chi connectivity index (χ4n) is 3.23. The molecule has 0 saturated heterocycles. The minimum Gasteiger partial charge on any atom is -0.306 e. The minimum atomic E-state index is -0.0960. The average molecular weight is 369 g/mol. The van der Waals surface area contributed by atoms with Crippen LogP contribution in [0.15, 0.2) is 36.7 Å². The molecule has 2 aliphatic rings. The van der Waals surface area contributed by atoms with Gasteiger partial charge in [0.2, 0.25) is 0 Å². The van der Waals surface area contributed by atoms with E-state index in [0.717, 1.165) is 28.6 Å². The lowest BCUT2D eigenvalue weighted by atomic mass is 9.93. The summed E-state index contributed by atoms with van der Waals surface area (Å²) >= 11 is 6.28. The zero-order chi connectivity index (χ0) is 18.1. The lowest BCUT2D eigenvalue weighted by Crippen LogP contribution is -2.29. The van der Waals surface area contributed by atoms with Gasteiger partial charge in [0.05, 0.1) is 23.8 Å². The molecule has 4 heterocycles. The molecule has 2 aromatic heterocycles. The topological polar surface area (TPSA) is 67.9 Å². The quantitative estimate of drug-likeness (QED) is 0.615. The van der Waals surface area contributed by atoms with Crippen LogP contribution in [0.5, 0.6) is 0 Å². The van der Waals surface area contributed by atoms with Crippen molar-refractivity contribution in [2.75, 3.05) is 11.6 Å². The second kappa shape index (κ2) is 5.07. The Morgan fingerprint density at radius 3 is 2.65 bits per heavy atom. The third kappa shape index (κ3) is 2.08. The van der Waals surface area contributed by atoms with E-state index in [2.05, 4.69) is 52.2 Å². The van der Waals surface area contributed by atoms with E-state index in [1.165, 1.54) is 0 Å². The van der Waals surface area contributed by atoms with Crippen LogP contribution in [-0.4, -0.2) is 40.8 Å². The van der Waals surface area contributed by atoms with Crippen LogP contribution in [0.4, 0.5) is 5.69 Å². The van der Waals surface area contributed by atoms with Crippen LogP contribution in [0, 0.1) is 0 Å². The molecule has 0 aliphatic carbocycles. The number of hydrogen-bond donors (Lipinski definition) is 0.